The lowest BCUT2D eigenvalue weighted by Gasteiger charge is -2.34. The fourth-order valence-electron chi connectivity index (χ4n) is 5.35. The van der Waals surface area contributed by atoms with E-state index < -0.39 is 22.1 Å². The normalized spacial score (nSPS) is 20.6. The van der Waals surface area contributed by atoms with E-state index in [1.54, 1.807) is 0 Å². The van der Waals surface area contributed by atoms with Crippen LogP contribution in [0.3, 0.4) is 0 Å². The number of ether oxygens (including phenoxy) is 1. The number of hydrogen-bond donors (Lipinski definition) is 0. The second-order valence-electron chi connectivity index (χ2n) is 10.0. The van der Waals surface area contributed by atoms with Crippen molar-refractivity contribution in [3.05, 3.63) is 40.3 Å². The van der Waals surface area contributed by atoms with E-state index in [-0.39, 0.29) is 29.8 Å². The molecule has 0 N–H and O–H groups in total. The van der Waals surface area contributed by atoms with Gasteiger partial charge in [-0.25, -0.2) is 13.4 Å². The lowest BCUT2D eigenvalue weighted by atomic mass is 9.94. The third-order valence-corrected chi connectivity index (χ3v) is 10.3. The van der Waals surface area contributed by atoms with E-state index in [9.17, 15) is 26.4 Å². The Balaban J connectivity index is 1.20. The molecule has 37 heavy (non-hydrogen) atoms. The Labute approximate surface area is 218 Å². The van der Waals surface area contributed by atoms with Crippen molar-refractivity contribution >= 4 is 27.3 Å². The summed E-state index contributed by atoms with van der Waals surface area (Å²) in [5.74, 6) is -0.387. The predicted octanol–water partition coefficient (Wildman–Crippen LogP) is 5.55. The zero-order valence-corrected chi connectivity index (χ0v) is 22.0. The second-order valence-corrected chi connectivity index (χ2v) is 12.8. The topological polar surface area (TPSA) is 79.8 Å². The Morgan fingerprint density at radius 1 is 0.973 bits per heavy atom. The molecule has 1 aromatic heterocycles. The molecule has 0 spiro atoms. The van der Waals surface area contributed by atoms with E-state index in [1.807, 2.05) is 5.38 Å². The number of sulfonamides is 1. The number of halogens is 3. The molecule has 7 nitrogen and oxygen atoms in total. The average molecular weight is 558 g/mol. The molecule has 2 heterocycles. The van der Waals surface area contributed by atoms with Crippen LogP contribution in [-0.4, -0.2) is 60.0 Å². The SMILES string of the molecule is O=C(c1csc(C2CCN(S(=O)(=O)c3ccc(OC(F)(F)F)cc3)CC2)n1)N(C1CCCCC1)C1CC1. The van der Waals surface area contributed by atoms with Crippen LogP contribution in [0.4, 0.5) is 13.2 Å². The van der Waals surface area contributed by atoms with Crippen LogP contribution in [-0.2, 0) is 10.0 Å². The summed E-state index contributed by atoms with van der Waals surface area (Å²) >= 11 is 1.46. The van der Waals surface area contributed by atoms with Crippen molar-refractivity contribution < 1.29 is 31.1 Å². The minimum atomic E-state index is -4.84. The van der Waals surface area contributed by atoms with Crippen molar-refractivity contribution in [2.75, 3.05) is 13.1 Å². The fraction of sp³-hybridized carbons (Fsp3) is 0.600. The van der Waals surface area contributed by atoms with Crippen molar-refractivity contribution in [3.8, 4) is 5.75 Å². The van der Waals surface area contributed by atoms with E-state index >= 15 is 0 Å². The molecule has 0 bridgehead atoms. The number of carbonyl (C=O) groups excluding carboxylic acids is 1. The first-order chi connectivity index (χ1) is 17.6. The van der Waals surface area contributed by atoms with E-state index in [0.717, 1.165) is 67.8 Å². The van der Waals surface area contributed by atoms with Crippen molar-refractivity contribution in [1.82, 2.24) is 14.2 Å². The van der Waals surface area contributed by atoms with Crippen LogP contribution in [0.15, 0.2) is 34.5 Å². The monoisotopic (exact) mass is 557 g/mol. The van der Waals surface area contributed by atoms with Gasteiger partial charge in [0.15, 0.2) is 0 Å². The molecule has 2 aliphatic carbocycles. The van der Waals surface area contributed by atoms with E-state index in [4.69, 9.17) is 4.98 Å². The molecule has 1 saturated heterocycles. The van der Waals surface area contributed by atoms with E-state index in [1.165, 1.54) is 22.1 Å². The molecule has 0 radical (unpaired) electrons. The Morgan fingerprint density at radius 2 is 1.59 bits per heavy atom. The smallest absolute Gasteiger partial charge is 0.406 e. The zero-order valence-electron chi connectivity index (χ0n) is 20.3. The minimum absolute atomic E-state index is 0.0230. The van der Waals surface area contributed by atoms with Gasteiger partial charge in [0.05, 0.1) is 9.90 Å². The largest absolute Gasteiger partial charge is 0.573 e. The quantitative estimate of drug-likeness (QED) is 0.446. The molecule has 2 saturated carbocycles. The molecule has 0 atom stereocenters. The van der Waals surface area contributed by atoms with Crippen LogP contribution in [0.25, 0.3) is 0 Å². The summed E-state index contributed by atoms with van der Waals surface area (Å²) in [6.45, 7) is 0.542. The average Bonchev–Trinajstić information content (AvgIpc) is 3.58. The number of hydrogen-bond acceptors (Lipinski definition) is 6. The summed E-state index contributed by atoms with van der Waals surface area (Å²) < 4.78 is 68.3. The zero-order chi connectivity index (χ0) is 26.2. The lowest BCUT2D eigenvalue weighted by molar-refractivity contribution is -0.274. The molecule has 1 amide bonds. The van der Waals surface area contributed by atoms with Crippen molar-refractivity contribution in [3.63, 3.8) is 0 Å². The van der Waals surface area contributed by atoms with Gasteiger partial charge < -0.3 is 9.64 Å². The summed E-state index contributed by atoms with van der Waals surface area (Å²) in [7, 11) is -3.84. The number of rotatable bonds is 7. The molecule has 1 aromatic carbocycles. The summed E-state index contributed by atoms with van der Waals surface area (Å²) in [6, 6.07) is 4.89. The van der Waals surface area contributed by atoms with Crippen LogP contribution >= 0.6 is 11.3 Å². The molecular formula is C25H30F3N3O4S2. The first-order valence-electron chi connectivity index (χ1n) is 12.8. The van der Waals surface area contributed by atoms with Gasteiger partial charge in [0, 0.05) is 36.5 Å². The Hall–Kier alpha value is -2.18. The highest BCUT2D eigenvalue weighted by Gasteiger charge is 2.39. The maximum Gasteiger partial charge on any atom is 0.573 e. The molecule has 202 valence electrons. The molecule has 3 fully saturated rings. The first-order valence-corrected chi connectivity index (χ1v) is 15.1. The first kappa shape index (κ1) is 26.4. The van der Waals surface area contributed by atoms with Crippen LogP contribution in [0.2, 0.25) is 0 Å². The van der Waals surface area contributed by atoms with Gasteiger partial charge in [0.1, 0.15) is 11.4 Å². The van der Waals surface area contributed by atoms with Gasteiger partial charge in [-0.15, -0.1) is 24.5 Å². The summed E-state index contributed by atoms with van der Waals surface area (Å²) in [4.78, 5) is 20.1. The molecular weight excluding hydrogens is 527 g/mol. The van der Waals surface area contributed by atoms with Crippen LogP contribution in [0, 0.1) is 0 Å². The van der Waals surface area contributed by atoms with Gasteiger partial charge in [-0.1, -0.05) is 19.3 Å². The highest BCUT2D eigenvalue weighted by molar-refractivity contribution is 7.89. The second kappa shape index (κ2) is 10.5. The number of carbonyl (C=O) groups is 1. The minimum Gasteiger partial charge on any atom is -0.406 e. The standard InChI is InChI=1S/C25H30F3N3O4S2/c26-25(27,28)35-20-8-10-21(11-9-20)37(33,34)30-14-12-17(13-15-30)23-29-22(16-36-23)24(32)31(19-6-7-19)18-4-2-1-3-5-18/h8-11,16-19H,1-7,12-15H2. The summed E-state index contributed by atoms with van der Waals surface area (Å²) in [5, 5.41) is 2.69. The number of alkyl halides is 3. The van der Waals surface area contributed by atoms with Crippen LogP contribution in [0.1, 0.15) is 79.2 Å². The van der Waals surface area contributed by atoms with E-state index in [0.29, 0.717) is 30.6 Å². The van der Waals surface area contributed by atoms with Gasteiger partial charge in [-0.2, -0.15) is 4.31 Å². The number of thiazole rings is 1. The highest BCUT2D eigenvalue weighted by atomic mass is 32.2. The Kier molecular flexibility index (Phi) is 7.52. The Bertz CT molecular complexity index is 1200. The van der Waals surface area contributed by atoms with Gasteiger partial charge in [-0.3, -0.25) is 4.79 Å². The van der Waals surface area contributed by atoms with Crippen LogP contribution in [0.5, 0.6) is 5.75 Å². The molecule has 12 heteroatoms. The highest BCUT2D eigenvalue weighted by Crippen LogP contribution is 2.37. The van der Waals surface area contributed by atoms with Gasteiger partial charge >= 0.3 is 6.36 Å². The number of piperidine rings is 1. The molecule has 5 rings (SSSR count). The summed E-state index contributed by atoms with van der Waals surface area (Å²) in [5.41, 5.74) is 0.494. The number of nitrogens with zero attached hydrogens (tertiary/aromatic N) is 3. The molecule has 3 aliphatic rings. The number of aromatic nitrogens is 1. The van der Waals surface area contributed by atoms with Crippen molar-refractivity contribution in [2.45, 2.75) is 87.0 Å². The predicted molar refractivity (Wildman–Crippen MR) is 132 cm³/mol. The maximum atomic E-state index is 13.4. The molecule has 2 aromatic rings. The Morgan fingerprint density at radius 3 is 2.19 bits per heavy atom. The summed E-state index contributed by atoms with van der Waals surface area (Å²) in [6.07, 6.45) is 4.08. The third-order valence-electron chi connectivity index (χ3n) is 7.38. The van der Waals surface area contributed by atoms with Crippen LogP contribution < -0.4 is 4.74 Å². The fourth-order valence-corrected chi connectivity index (χ4v) is 7.79. The van der Waals surface area contributed by atoms with Gasteiger partial charge in [-0.05, 0) is 62.8 Å². The molecule has 1 aliphatic heterocycles. The number of amides is 1. The van der Waals surface area contributed by atoms with Gasteiger partial charge in [0.2, 0.25) is 10.0 Å². The third kappa shape index (κ3) is 6.12. The maximum absolute atomic E-state index is 13.4. The van der Waals surface area contributed by atoms with Crippen molar-refractivity contribution in [2.24, 2.45) is 0 Å². The lowest BCUT2D eigenvalue weighted by Crippen LogP contribution is -2.43. The molecule has 0 unspecified atom stereocenters. The van der Waals surface area contributed by atoms with Crippen molar-refractivity contribution in [1.29, 1.82) is 0 Å². The van der Waals surface area contributed by atoms with E-state index in [2.05, 4.69) is 9.64 Å². The van der Waals surface area contributed by atoms with Gasteiger partial charge in [0.25, 0.3) is 5.91 Å². The number of benzene rings is 1.